The van der Waals surface area contributed by atoms with Crippen LogP contribution < -0.4 is 5.73 Å². The highest BCUT2D eigenvalue weighted by molar-refractivity contribution is 4.80. The number of likely N-dealkylation sites (tertiary alicyclic amines) is 1. The minimum Gasteiger partial charge on any atom is -0.330 e. The van der Waals surface area contributed by atoms with Crippen LogP contribution in [0.3, 0.4) is 0 Å². The zero-order valence-electron chi connectivity index (χ0n) is 8.19. The molecule has 1 heterocycles. The van der Waals surface area contributed by atoms with Crippen LogP contribution in [0, 0.1) is 0 Å². The van der Waals surface area contributed by atoms with Crippen molar-refractivity contribution in [3.63, 3.8) is 0 Å². The summed E-state index contributed by atoms with van der Waals surface area (Å²) in [7, 11) is 0. The predicted octanol–water partition coefficient (Wildman–Crippen LogP) is 1.75. The number of halogens is 3. The number of rotatable bonds is 4. The minimum atomic E-state index is -4.06. The van der Waals surface area contributed by atoms with E-state index in [0.717, 1.165) is 25.7 Å². The van der Waals surface area contributed by atoms with Gasteiger partial charge in [0.25, 0.3) is 0 Å². The molecule has 1 atom stereocenters. The van der Waals surface area contributed by atoms with Crippen molar-refractivity contribution < 1.29 is 13.2 Å². The first-order chi connectivity index (χ1) is 6.53. The van der Waals surface area contributed by atoms with Gasteiger partial charge < -0.3 is 5.73 Å². The van der Waals surface area contributed by atoms with Crippen LogP contribution in [0.4, 0.5) is 13.2 Å². The highest BCUT2D eigenvalue weighted by atomic mass is 19.4. The van der Waals surface area contributed by atoms with Crippen molar-refractivity contribution in [2.75, 3.05) is 19.6 Å². The number of alkyl halides is 3. The van der Waals surface area contributed by atoms with Crippen LogP contribution >= 0.6 is 0 Å². The lowest BCUT2D eigenvalue weighted by molar-refractivity contribution is -0.147. The second-order valence-corrected chi connectivity index (χ2v) is 3.81. The summed E-state index contributed by atoms with van der Waals surface area (Å²) >= 11 is 0. The largest absolute Gasteiger partial charge is 0.401 e. The van der Waals surface area contributed by atoms with Crippen molar-refractivity contribution in [1.82, 2.24) is 4.90 Å². The Morgan fingerprint density at radius 1 is 1.36 bits per heavy atom. The molecule has 2 N–H and O–H groups in total. The van der Waals surface area contributed by atoms with Gasteiger partial charge in [-0.25, -0.2) is 0 Å². The van der Waals surface area contributed by atoms with E-state index in [2.05, 4.69) is 0 Å². The Morgan fingerprint density at radius 2 is 2.07 bits per heavy atom. The van der Waals surface area contributed by atoms with Gasteiger partial charge in [0, 0.05) is 6.04 Å². The quantitative estimate of drug-likeness (QED) is 0.766. The molecule has 0 aromatic carbocycles. The first-order valence-electron chi connectivity index (χ1n) is 5.04. The van der Waals surface area contributed by atoms with Crippen molar-refractivity contribution in [2.24, 2.45) is 5.73 Å². The molecule has 1 aliphatic heterocycles. The average molecular weight is 210 g/mol. The topological polar surface area (TPSA) is 29.3 Å². The van der Waals surface area contributed by atoms with E-state index in [4.69, 9.17) is 5.73 Å². The Morgan fingerprint density at radius 3 is 2.64 bits per heavy atom. The van der Waals surface area contributed by atoms with Gasteiger partial charge in [-0.15, -0.1) is 0 Å². The third kappa shape index (κ3) is 3.84. The smallest absolute Gasteiger partial charge is 0.330 e. The maximum atomic E-state index is 12.1. The second kappa shape index (κ2) is 4.98. The summed E-state index contributed by atoms with van der Waals surface area (Å²) in [5, 5.41) is 0. The van der Waals surface area contributed by atoms with Crippen molar-refractivity contribution in [3.05, 3.63) is 0 Å². The lowest BCUT2D eigenvalue weighted by Gasteiger charge is -2.25. The van der Waals surface area contributed by atoms with Crippen molar-refractivity contribution in [3.8, 4) is 0 Å². The van der Waals surface area contributed by atoms with Crippen LogP contribution in [-0.4, -0.2) is 36.8 Å². The lowest BCUT2D eigenvalue weighted by atomic mass is 10.1. The van der Waals surface area contributed by atoms with Crippen LogP contribution in [-0.2, 0) is 0 Å². The van der Waals surface area contributed by atoms with Gasteiger partial charge in [0.15, 0.2) is 0 Å². The van der Waals surface area contributed by atoms with Gasteiger partial charge in [-0.05, 0) is 38.8 Å². The van der Waals surface area contributed by atoms with E-state index in [1.54, 1.807) is 0 Å². The van der Waals surface area contributed by atoms with Gasteiger partial charge in [0.2, 0.25) is 0 Å². The molecular formula is C9H17F3N2. The number of hydrogen-bond donors (Lipinski definition) is 1. The van der Waals surface area contributed by atoms with Crippen LogP contribution in [0.1, 0.15) is 25.7 Å². The van der Waals surface area contributed by atoms with Gasteiger partial charge in [-0.1, -0.05) is 0 Å². The molecule has 1 aliphatic rings. The molecule has 0 saturated carbocycles. The molecule has 84 valence electrons. The fourth-order valence-corrected chi connectivity index (χ4v) is 2.01. The van der Waals surface area contributed by atoms with Crippen LogP contribution in [0.15, 0.2) is 0 Å². The van der Waals surface area contributed by atoms with E-state index in [0.29, 0.717) is 13.1 Å². The van der Waals surface area contributed by atoms with Crippen molar-refractivity contribution >= 4 is 0 Å². The van der Waals surface area contributed by atoms with E-state index < -0.39 is 12.7 Å². The molecule has 0 amide bonds. The molecule has 0 aromatic rings. The highest BCUT2D eigenvalue weighted by Crippen LogP contribution is 2.26. The average Bonchev–Trinajstić information content (AvgIpc) is 2.45. The molecule has 5 heteroatoms. The molecule has 2 nitrogen and oxygen atoms in total. The van der Waals surface area contributed by atoms with Gasteiger partial charge in [0.1, 0.15) is 0 Å². The molecule has 0 spiro atoms. The Balaban J connectivity index is 2.35. The Bertz CT molecular complexity index is 170. The fourth-order valence-electron chi connectivity index (χ4n) is 2.01. The summed E-state index contributed by atoms with van der Waals surface area (Å²) in [6.07, 6.45) is -0.682. The van der Waals surface area contributed by atoms with Crippen LogP contribution in [0.25, 0.3) is 0 Å². The number of nitrogens with two attached hydrogens (primary N) is 1. The molecule has 14 heavy (non-hydrogen) atoms. The zero-order chi connectivity index (χ0) is 10.6. The first kappa shape index (κ1) is 11.8. The highest BCUT2D eigenvalue weighted by Gasteiger charge is 2.35. The van der Waals surface area contributed by atoms with Gasteiger partial charge in [-0.2, -0.15) is 13.2 Å². The van der Waals surface area contributed by atoms with E-state index in [1.165, 1.54) is 4.90 Å². The predicted molar refractivity (Wildman–Crippen MR) is 48.9 cm³/mol. The van der Waals surface area contributed by atoms with Crippen molar-refractivity contribution in [1.29, 1.82) is 0 Å². The molecule has 1 unspecified atom stereocenters. The van der Waals surface area contributed by atoms with E-state index >= 15 is 0 Å². The van der Waals surface area contributed by atoms with Gasteiger partial charge in [-0.3, -0.25) is 4.90 Å². The molecular weight excluding hydrogens is 193 g/mol. The zero-order valence-corrected chi connectivity index (χ0v) is 8.19. The fraction of sp³-hybridized carbons (Fsp3) is 1.00. The third-order valence-corrected chi connectivity index (χ3v) is 2.62. The van der Waals surface area contributed by atoms with Gasteiger partial charge >= 0.3 is 6.18 Å². The van der Waals surface area contributed by atoms with E-state index in [9.17, 15) is 13.2 Å². The second-order valence-electron chi connectivity index (χ2n) is 3.81. The molecule has 1 rings (SSSR count). The van der Waals surface area contributed by atoms with Gasteiger partial charge in [0.05, 0.1) is 6.54 Å². The molecule has 0 radical (unpaired) electrons. The molecule has 1 fully saturated rings. The first-order valence-corrected chi connectivity index (χ1v) is 5.04. The molecule has 0 aromatic heterocycles. The van der Waals surface area contributed by atoms with Crippen molar-refractivity contribution in [2.45, 2.75) is 37.9 Å². The maximum absolute atomic E-state index is 12.1. The Kier molecular flexibility index (Phi) is 4.19. The number of nitrogens with zero attached hydrogens (tertiary/aromatic N) is 1. The summed E-state index contributed by atoms with van der Waals surface area (Å²) in [5.41, 5.74) is 5.34. The third-order valence-electron chi connectivity index (χ3n) is 2.62. The summed E-state index contributed by atoms with van der Waals surface area (Å²) in [6.45, 7) is 0.382. The summed E-state index contributed by atoms with van der Waals surface area (Å²) in [6, 6.07) is 0.0974. The number of hydrogen-bond acceptors (Lipinski definition) is 2. The summed E-state index contributed by atoms with van der Waals surface area (Å²) < 4.78 is 36.4. The normalized spacial score (nSPS) is 24.4. The maximum Gasteiger partial charge on any atom is 0.401 e. The molecule has 0 aliphatic carbocycles. The van der Waals surface area contributed by atoms with Crippen LogP contribution in [0.5, 0.6) is 0 Å². The van der Waals surface area contributed by atoms with E-state index in [1.807, 2.05) is 0 Å². The minimum absolute atomic E-state index is 0.0974. The monoisotopic (exact) mass is 210 g/mol. The SMILES string of the molecule is NCCCC1CCCN1CC(F)(F)F. The summed E-state index contributed by atoms with van der Waals surface area (Å²) in [5.74, 6) is 0. The molecule has 0 bridgehead atoms. The lowest BCUT2D eigenvalue weighted by Crippen LogP contribution is -2.37. The standard InChI is InChI=1S/C9H17F3N2/c10-9(11,12)7-14-6-2-4-8(14)3-1-5-13/h8H,1-7,13H2. The molecule has 1 saturated heterocycles. The van der Waals surface area contributed by atoms with Crippen LogP contribution in [0.2, 0.25) is 0 Å². The summed E-state index contributed by atoms with van der Waals surface area (Å²) in [4.78, 5) is 1.54. The Hall–Kier alpha value is -0.290. The Labute approximate surface area is 82.2 Å². The van der Waals surface area contributed by atoms with E-state index in [-0.39, 0.29) is 6.04 Å².